The fourth-order valence-electron chi connectivity index (χ4n) is 0.895. The zero-order valence-electron chi connectivity index (χ0n) is 7.62. The zero-order valence-corrected chi connectivity index (χ0v) is 7.62. The van der Waals surface area contributed by atoms with E-state index in [0.29, 0.717) is 19.4 Å². The first-order valence-electron chi connectivity index (χ1n) is 4.17. The average Bonchev–Trinajstić information content (AvgIpc) is 2.02. The summed E-state index contributed by atoms with van der Waals surface area (Å²) in [6, 6.07) is 0. The number of hydrogen-bond donors (Lipinski definition) is 2. The van der Waals surface area contributed by atoms with Crippen LogP contribution in [-0.4, -0.2) is 19.8 Å². The van der Waals surface area contributed by atoms with Gasteiger partial charge in [0.1, 0.15) is 5.70 Å². The van der Waals surface area contributed by atoms with Gasteiger partial charge in [0.2, 0.25) is 0 Å². The molecule has 0 aromatic heterocycles. The van der Waals surface area contributed by atoms with E-state index in [9.17, 15) is 13.2 Å². The third-order valence-corrected chi connectivity index (χ3v) is 1.58. The number of rotatable bonds is 5. The maximum absolute atomic E-state index is 12.1. The molecule has 0 amide bonds. The second-order valence-corrected chi connectivity index (χ2v) is 2.65. The highest BCUT2D eigenvalue weighted by Gasteiger charge is 2.32. The van der Waals surface area contributed by atoms with E-state index in [1.165, 1.54) is 7.05 Å². The van der Waals surface area contributed by atoms with Gasteiger partial charge in [0.05, 0.1) is 0 Å². The Labute approximate surface area is 76.0 Å². The second-order valence-electron chi connectivity index (χ2n) is 2.65. The number of nitrogens with one attached hydrogen (secondary N) is 1. The van der Waals surface area contributed by atoms with Crippen molar-refractivity contribution in [3.63, 3.8) is 0 Å². The van der Waals surface area contributed by atoms with Gasteiger partial charge < -0.3 is 11.1 Å². The number of unbranched alkanes of at least 4 members (excludes halogenated alkanes) is 2. The normalized spacial score (nSPS) is 13.2. The molecule has 0 aromatic carbocycles. The molecule has 0 aliphatic heterocycles. The van der Waals surface area contributed by atoms with Gasteiger partial charge in [0.25, 0.3) is 0 Å². The molecular formula is C8H15F3N2. The quantitative estimate of drug-likeness (QED) is 0.658. The minimum Gasteiger partial charge on any atom is -0.384 e. The lowest BCUT2D eigenvalue weighted by atomic mass is 10.2. The molecule has 0 fully saturated rings. The van der Waals surface area contributed by atoms with Crippen LogP contribution >= 0.6 is 0 Å². The van der Waals surface area contributed by atoms with E-state index >= 15 is 0 Å². The van der Waals surface area contributed by atoms with Crippen molar-refractivity contribution >= 4 is 0 Å². The third kappa shape index (κ3) is 5.52. The number of alkyl halides is 3. The summed E-state index contributed by atoms with van der Waals surface area (Å²) in [5.41, 5.74) is 4.53. The minimum atomic E-state index is -4.27. The van der Waals surface area contributed by atoms with E-state index in [1.807, 2.05) is 0 Å². The van der Waals surface area contributed by atoms with Crippen LogP contribution in [0.5, 0.6) is 0 Å². The molecule has 0 bridgehead atoms. The van der Waals surface area contributed by atoms with Crippen molar-refractivity contribution in [1.29, 1.82) is 0 Å². The van der Waals surface area contributed by atoms with Crippen LogP contribution in [0, 0.1) is 0 Å². The van der Waals surface area contributed by atoms with Crippen molar-refractivity contribution in [2.45, 2.75) is 25.4 Å². The predicted octanol–water partition coefficient (Wildman–Crippen LogP) is 1.78. The Morgan fingerprint density at radius 1 is 1.38 bits per heavy atom. The summed E-state index contributed by atoms with van der Waals surface area (Å²) in [5.74, 6) is 0. The molecule has 5 heteroatoms. The predicted molar refractivity (Wildman–Crippen MR) is 46.1 cm³/mol. The van der Waals surface area contributed by atoms with Crippen LogP contribution in [-0.2, 0) is 0 Å². The summed E-state index contributed by atoms with van der Waals surface area (Å²) in [5, 5.41) is 2.12. The lowest BCUT2D eigenvalue weighted by Gasteiger charge is -2.10. The molecule has 0 aliphatic rings. The molecule has 13 heavy (non-hydrogen) atoms. The lowest BCUT2D eigenvalue weighted by Crippen LogP contribution is -2.22. The van der Waals surface area contributed by atoms with Crippen molar-refractivity contribution in [2.24, 2.45) is 5.73 Å². The van der Waals surface area contributed by atoms with E-state index in [4.69, 9.17) is 5.73 Å². The Morgan fingerprint density at radius 2 is 2.00 bits per heavy atom. The molecule has 0 saturated carbocycles. The smallest absolute Gasteiger partial charge is 0.384 e. The molecule has 0 radical (unpaired) electrons. The highest BCUT2D eigenvalue weighted by molar-refractivity contribution is 5.05. The van der Waals surface area contributed by atoms with Crippen molar-refractivity contribution in [3.05, 3.63) is 11.8 Å². The van der Waals surface area contributed by atoms with Gasteiger partial charge in [-0.2, -0.15) is 13.2 Å². The molecule has 0 saturated heterocycles. The SMILES string of the molecule is CN/C(=C\CCCCN)C(F)(F)F. The fourth-order valence-corrected chi connectivity index (χ4v) is 0.895. The second kappa shape index (κ2) is 5.85. The Bertz CT molecular complexity index is 163. The summed E-state index contributed by atoms with van der Waals surface area (Å²) in [6.07, 6.45) is -1.25. The Hall–Kier alpha value is -0.710. The standard InChI is InChI=1S/C8H15F3N2/c1-13-7(8(9,10)11)5-3-2-4-6-12/h5,13H,2-4,6,12H2,1H3/b7-5-. The minimum absolute atomic E-state index is 0.410. The Morgan fingerprint density at radius 3 is 2.38 bits per heavy atom. The van der Waals surface area contributed by atoms with Gasteiger partial charge in [-0.25, -0.2) is 0 Å². The molecule has 0 atom stereocenters. The molecule has 3 N–H and O–H groups in total. The highest BCUT2D eigenvalue weighted by atomic mass is 19.4. The van der Waals surface area contributed by atoms with Crippen LogP contribution in [0.3, 0.4) is 0 Å². The average molecular weight is 196 g/mol. The summed E-state index contributed by atoms with van der Waals surface area (Å²) >= 11 is 0. The molecule has 2 nitrogen and oxygen atoms in total. The Balaban J connectivity index is 3.94. The zero-order chi connectivity index (χ0) is 10.3. The van der Waals surface area contributed by atoms with Gasteiger partial charge in [-0.05, 0) is 25.8 Å². The molecular weight excluding hydrogens is 181 g/mol. The van der Waals surface area contributed by atoms with Crippen LogP contribution in [0.4, 0.5) is 13.2 Å². The number of nitrogens with two attached hydrogens (primary N) is 1. The van der Waals surface area contributed by atoms with Gasteiger partial charge in [0.15, 0.2) is 0 Å². The van der Waals surface area contributed by atoms with E-state index in [-0.39, 0.29) is 0 Å². The van der Waals surface area contributed by atoms with Crippen LogP contribution in [0.2, 0.25) is 0 Å². The van der Waals surface area contributed by atoms with E-state index < -0.39 is 11.9 Å². The molecule has 0 heterocycles. The first-order chi connectivity index (χ1) is 6.02. The van der Waals surface area contributed by atoms with Crippen LogP contribution in [0.1, 0.15) is 19.3 Å². The van der Waals surface area contributed by atoms with Crippen molar-refractivity contribution in [3.8, 4) is 0 Å². The van der Waals surface area contributed by atoms with Crippen LogP contribution < -0.4 is 11.1 Å². The number of hydrogen-bond acceptors (Lipinski definition) is 2. The van der Waals surface area contributed by atoms with Crippen molar-refractivity contribution < 1.29 is 13.2 Å². The number of halogens is 3. The summed E-state index contributed by atoms with van der Waals surface area (Å²) in [6.45, 7) is 0.523. The first kappa shape index (κ1) is 12.3. The maximum atomic E-state index is 12.1. The third-order valence-electron chi connectivity index (χ3n) is 1.58. The molecule has 0 aromatic rings. The molecule has 0 spiro atoms. The van der Waals surface area contributed by atoms with Gasteiger partial charge in [-0.15, -0.1) is 0 Å². The molecule has 0 aliphatic carbocycles. The monoisotopic (exact) mass is 196 g/mol. The highest BCUT2D eigenvalue weighted by Crippen LogP contribution is 2.23. The van der Waals surface area contributed by atoms with E-state index in [2.05, 4.69) is 5.32 Å². The van der Waals surface area contributed by atoms with Gasteiger partial charge in [-0.3, -0.25) is 0 Å². The van der Waals surface area contributed by atoms with E-state index in [0.717, 1.165) is 12.5 Å². The molecule has 0 unspecified atom stereocenters. The van der Waals surface area contributed by atoms with Crippen LogP contribution in [0.25, 0.3) is 0 Å². The van der Waals surface area contributed by atoms with Gasteiger partial charge in [-0.1, -0.05) is 6.08 Å². The molecule has 0 rings (SSSR count). The van der Waals surface area contributed by atoms with Gasteiger partial charge >= 0.3 is 6.18 Å². The first-order valence-corrected chi connectivity index (χ1v) is 4.17. The Kier molecular flexibility index (Phi) is 5.53. The summed E-state index contributed by atoms with van der Waals surface area (Å²) in [4.78, 5) is 0. The van der Waals surface area contributed by atoms with Crippen molar-refractivity contribution in [1.82, 2.24) is 5.32 Å². The maximum Gasteiger partial charge on any atom is 0.430 e. The lowest BCUT2D eigenvalue weighted by molar-refractivity contribution is -0.0962. The summed E-state index contributed by atoms with van der Waals surface area (Å²) in [7, 11) is 1.27. The van der Waals surface area contributed by atoms with Crippen molar-refractivity contribution in [2.75, 3.05) is 13.6 Å². The number of allylic oxidation sites excluding steroid dienone is 2. The van der Waals surface area contributed by atoms with Gasteiger partial charge in [0, 0.05) is 7.05 Å². The molecule has 78 valence electrons. The fraction of sp³-hybridized carbons (Fsp3) is 0.750. The largest absolute Gasteiger partial charge is 0.430 e. The van der Waals surface area contributed by atoms with E-state index in [1.54, 1.807) is 0 Å². The summed E-state index contributed by atoms with van der Waals surface area (Å²) < 4.78 is 36.2. The topological polar surface area (TPSA) is 38.0 Å². The van der Waals surface area contributed by atoms with Crippen LogP contribution in [0.15, 0.2) is 11.8 Å².